The first-order chi connectivity index (χ1) is 17.9. The zero-order valence-corrected chi connectivity index (χ0v) is 20.1. The molecule has 0 fully saturated rings. The van der Waals surface area contributed by atoms with Crippen molar-refractivity contribution in [3.8, 4) is 28.7 Å². The number of para-hydroxylation sites is 1. The molecule has 1 amide bonds. The zero-order valence-electron chi connectivity index (χ0n) is 20.1. The molecule has 5 rings (SSSR count). The second-order valence-electron chi connectivity index (χ2n) is 8.43. The molecule has 2 N–H and O–H groups in total. The van der Waals surface area contributed by atoms with Crippen LogP contribution in [0.5, 0.6) is 28.7 Å². The van der Waals surface area contributed by atoms with E-state index in [1.54, 1.807) is 49.6 Å². The molecule has 0 bridgehead atoms. The Balaban J connectivity index is 1.58. The fourth-order valence-electron chi connectivity index (χ4n) is 4.49. The number of methoxy groups -OCH3 is 2. The van der Waals surface area contributed by atoms with Gasteiger partial charge in [-0.3, -0.25) is 14.4 Å². The van der Waals surface area contributed by atoms with Crippen LogP contribution in [0.4, 0.5) is 0 Å². The summed E-state index contributed by atoms with van der Waals surface area (Å²) in [5.74, 6) is 0.183. The van der Waals surface area contributed by atoms with Crippen LogP contribution < -0.4 is 29.4 Å². The standard InChI is InChI=1S/C28H23NO8/c1-33-19-6-4-3-5-16(19)12-23-27(32)17-8-10-21-26(28(17)37-23)18(13-25(31)36-21)15-7-9-20(34-2)22(11-15)35-14-24(29)30/h3-12,18H,13-14H2,1-2H3,(H2,29,30)/b23-12-. The van der Waals surface area contributed by atoms with E-state index < -0.39 is 17.8 Å². The van der Waals surface area contributed by atoms with Gasteiger partial charge in [-0.25, -0.2) is 0 Å². The Morgan fingerprint density at radius 2 is 1.78 bits per heavy atom. The number of hydrogen-bond acceptors (Lipinski definition) is 8. The highest BCUT2D eigenvalue weighted by molar-refractivity contribution is 6.15. The summed E-state index contributed by atoms with van der Waals surface area (Å²) >= 11 is 0. The number of Topliss-reactive ketones (excluding diaryl/α,β-unsaturated/α-hetero) is 1. The number of primary amides is 1. The van der Waals surface area contributed by atoms with E-state index >= 15 is 0 Å². The predicted molar refractivity (Wildman–Crippen MR) is 132 cm³/mol. The molecule has 188 valence electrons. The van der Waals surface area contributed by atoms with Crippen LogP contribution in [0.15, 0.2) is 60.4 Å². The maximum Gasteiger partial charge on any atom is 0.312 e. The maximum atomic E-state index is 13.3. The summed E-state index contributed by atoms with van der Waals surface area (Å²) in [4.78, 5) is 37.0. The largest absolute Gasteiger partial charge is 0.496 e. The average molecular weight is 501 g/mol. The van der Waals surface area contributed by atoms with Gasteiger partial charge < -0.3 is 29.4 Å². The summed E-state index contributed by atoms with van der Waals surface area (Å²) in [6, 6.07) is 15.6. The topological polar surface area (TPSA) is 123 Å². The Bertz CT molecular complexity index is 1460. The summed E-state index contributed by atoms with van der Waals surface area (Å²) in [7, 11) is 3.02. The van der Waals surface area contributed by atoms with Gasteiger partial charge in [0.25, 0.3) is 5.91 Å². The lowest BCUT2D eigenvalue weighted by Gasteiger charge is -2.26. The lowest BCUT2D eigenvalue weighted by molar-refractivity contribution is -0.135. The lowest BCUT2D eigenvalue weighted by atomic mass is 9.84. The van der Waals surface area contributed by atoms with Gasteiger partial charge in [0.05, 0.1) is 26.2 Å². The van der Waals surface area contributed by atoms with Gasteiger partial charge in [-0.2, -0.15) is 0 Å². The number of fused-ring (bicyclic) bond motifs is 3. The van der Waals surface area contributed by atoms with Gasteiger partial charge in [0.15, 0.2) is 23.9 Å². The number of ketones is 1. The summed E-state index contributed by atoms with van der Waals surface area (Å²) in [6.07, 6.45) is 1.63. The molecular formula is C28H23NO8. The van der Waals surface area contributed by atoms with E-state index in [2.05, 4.69) is 0 Å². The second kappa shape index (κ2) is 9.69. The highest BCUT2D eigenvalue weighted by Crippen LogP contribution is 2.50. The molecule has 3 aromatic carbocycles. The third-order valence-electron chi connectivity index (χ3n) is 6.17. The van der Waals surface area contributed by atoms with E-state index in [4.69, 9.17) is 29.4 Å². The zero-order chi connectivity index (χ0) is 26.1. The van der Waals surface area contributed by atoms with Gasteiger partial charge in [-0.05, 0) is 42.0 Å². The van der Waals surface area contributed by atoms with Gasteiger partial charge in [0.2, 0.25) is 5.78 Å². The van der Waals surface area contributed by atoms with Crippen LogP contribution in [0.2, 0.25) is 0 Å². The first-order valence-electron chi connectivity index (χ1n) is 11.4. The molecular weight excluding hydrogens is 478 g/mol. The number of ether oxygens (including phenoxy) is 5. The normalized spacial score (nSPS) is 16.9. The van der Waals surface area contributed by atoms with Crippen LogP contribution >= 0.6 is 0 Å². The monoisotopic (exact) mass is 501 g/mol. The molecule has 2 aliphatic heterocycles. The van der Waals surface area contributed by atoms with Gasteiger partial charge in [-0.1, -0.05) is 24.3 Å². The molecule has 9 nitrogen and oxygen atoms in total. The molecule has 0 saturated heterocycles. The Kier molecular flexibility index (Phi) is 6.27. The van der Waals surface area contributed by atoms with E-state index in [0.29, 0.717) is 51.0 Å². The van der Waals surface area contributed by atoms with E-state index in [-0.39, 0.29) is 24.6 Å². The molecule has 9 heteroatoms. The lowest BCUT2D eigenvalue weighted by Crippen LogP contribution is -2.22. The van der Waals surface area contributed by atoms with Crippen molar-refractivity contribution in [1.29, 1.82) is 0 Å². The molecule has 2 heterocycles. The Morgan fingerprint density at radius 3 is 2.54 bits per heavy atom. The predicted octanol–water partition coefficient (Wildman–Crippen LogP) is 3.63. The Labute approximate surface area is 212 Å². The van der Waals surface area contributed by atoms with Crippen LogP contribution in [-0.4, -0.2) is 38.5 Å². The number of hydrogen-bond donors (Lipinski definition) is 1. The molecule has 0 aliphatic carbocycles. The molecule has 0 radical (unpaired) electrons. The van der Waals surface area contributed by atoms with Crippen LogP contribution in [0.3, 0.4) is 0 Å². The number of allylic oxidation sites excluding steroid dienone is 1. The van der Waals surface area contributed by atoms with Crippen LogP contribution in [-0.2, 0) is 9.59 Å². The SMILES string of the molecule is COc1ccccc1/C=C1\Oc2c(ccc3c2C(c2ccc(OC)c(OCC(N)=O)c2)CC(=O)O3)C1=O. The molecule has 3 aromatic rings. The van der Waals surface area contributed by atoms with E-state index in [1.807, 2.05) is 18.2 Å². The average Bonchev–Trinajstić information content (AvgIpc) is 3.21. The van der Waals surface area contributed by atoms with E-state index in [9.17, 15) is 14.4 Å². The van der Waals surface area contributed by atoms with Crippen molar-refractivity contribution in [3.63, 3.8) is 0 Å². The van der Waals surface area contributed by atoms with Crippen molar-refractivity contribution in [1.82, 2.24) is 0 Å². The quantitative estimate of drug-likeness (QED) is 0.296. The number of nitrogens with two attached hydrogens (primary N) is 1. The van der Waals surface area contributed by atoms with E-state index in [0.717, 1.165) is 0 Å². The third kappa shape index (κ3) is 4.47. The fourth-order valence-corrected chi connectivity index (χ4v) is 4.49. The summed E-state index contributed by atoms with van der Waals surface area (Å²) in [5.41, 5.74) is 7.53. The number of carbonyl (C=O) groups is 3. The number of amides is 1. The highest BCUT2D eigenvalue weighted by atomic mass is 16.5. The van der Waals surface area contributed by atoms with Gasteiger partial charge in [0, 0.05) is 17.0 Å². The van der Waals surface area contributed by atoms with Crippen LogP contribution in [0.1, 0.15) is 39.4 Å². The summed E-state index contributed by atoms with van der Waals surface area (Å²) in [5, 5.41) is 0. The summed E-state index contributed by atoms with van der Waals surface area (Å²) < 4.78 is 27.9. The van der Waals surface area contributed by atoms with Crippen molar-refractivity contribution in [2.24, 2.45) is 5.73 Å². The molecule has 1 unspecified atom stereocenters. The summed E-state index contributed by atoms with van der Waals surface area (Å²) in [6.45, 7) is -0.340. The van der Waals surface area contributed by atoms with Crippen molar-refractivity contribution in [3.05, 3.63) is 82.6 Å². The molecule has 0 aromatic heterocycles. The third-order valence-corrected chi connectivity index (χ3v) is 6.17. The Hall–Kier alpha value is -4.79. The minimum absolute atomic E-state index is 0.00808. The van der Waals surface area contributed by atoms with Crippen LogP contribution in [0, 0.1) is 0 Å². The van der Waals surface area contributed by atoms with Gasteiger partial charge >= 0.3 is 5.97 Å². The number of esters is 1. The van der Waals surface area contributed by atoms with Crippen molar-refractivity contribution in [2.45, 2.75) is 12.3 Å². The second-order valence-corrected chi connectivity index (χ2v) is 8.43. The first-order valence-corrected chi connectivity index (χ1v) is 11.4. The van der Waals surface area contributed by atoms with Crippen molar-refractivity contribution >= 4 is 23.7 Å². The smallest absolute Gasteiger partial charge is 0.312 e. The first kappa shape index (κ1) is 23.9. The number of carbonyl (C=O) groups excluding carboxylic acids is 3. The molecule has 0 spiro atoms. The van der Waals surface area contributed by atoms with Gasteiger partial charge in [-0.15, -0.1) is 0 Å². The minimum atomic E-state index is -0.641. The number of benzene rings is 3. The van der Waals surface area contributed by atoms with E-state index in [1.165, 1.54) is 7.11 Å². The molecule has 37 heavy (non-hydrogen) atoms. The molecule has 1 atom stereocenters. The van der Waals surface area contributed by atoms with Crippen molar-refractivity contribution < 1.29 is 38.1 Å². The van der Waals surface area contributed by atoms with Gasteiger partial charge in [0.1, 0.15) is 17.2 Å². The highest BCUT2D eigenvalue weighted by Gasteiger charge is 2.38. The fraction of sp³-hybridized carbons (Fsp3) is 0.179. The number of rotatable bonds is 7. The minimum Gasteiger partial charge on any atom is -0.496 e. The molecule has 0 saturated carbocycles. The van der Waals surface area contributed by atoms with Crippen LogP contribution in [0.25, 0.3) is 6.08 Å². The van der Waals surface area contributed by atoms with Crippen molar-refractivity contribution in [2.75, 3.05) is 20.8 Å². The molecule has 2 aliphatic rings. The maximum absolute atomic E-state index is 13.3. The Morgan fingerprint density at radius 1 is 1.00 bits per heavy atom.